The Hall–Kier alpha value is -1.45. The summed E-state index contributed by atoms with van der Waals surface area (Å²) in [4.78, 5) is 24.4. The molecule has 2 aliphatic heterocycles. The Balaban J connectivity index is 1.81. The van der Waals surface area contributed by atoms with Crippen molar-refractivity contribution in [2.75, 3.05) is 76.3 Å². The van der Waals surface area contributed by atoms with Gasteiger partial charge in [-0.1, -0.05) is 0 Å². The zero-order chi connectivity index (χ0) is 15.7. The average Bonchev–Trinajstić information content (AvgIpc) is 2.94. The predicted molar refractivity (Wildman–Crippen MR) is 88.2 cm³/mol. The van der Waals surface area contributed by atoms with Crippen LogP contribution in [0.15, 0.2) is 0 Å². The molecule has 8 nitrogen and oxygen atoms in total. The van der Waals surface area contributed by atoms with E-state index < -0.39 is 0 Å². The summed E-state index contributed by atoms with van der Waals surface area (Å²) in [5, 5.41) is 12.4. The van der Waals surface area contributed by atoms with Crippen molar-refractivity contribution in [3.63, 3.8) is 0 Å². The fourth-order valence-corrected chi connectivity index (χ4v) is 3.73. The first-order chi connectivity index (χ1) is 10.5. The van der Waals surface area contributed by atoms with Gasteiger partial charge in [-0.25, -0.2) is 0 Å². The lowest BCUT2D eigenvalue weighted by molar-refractivity contribution is -0.379. The number of rotatable bonds is 3. The average molecular weight is 326 g/mol. The Bertz CT molecular complexity index is 535. The minimum atomic E-state index is -0.287. The summed E-state index contributed by atoms with van der Waals surface area (Å²) in [5.41, 5.74) is 0. The van der Waals surface area contributed by atoms with E-state index in [2.05, 4.69) is 33.8 Å². The Morgan fingerprint density at radius 2 is 1.45 bits per heavy atom. The van der Waals surface area contributed by atoms with Gasteiger partial charge in [0, 0.05) is 52.4 Å². The van der Waals surface area contributed by atoms with E-state index in [1.54, 1.807) is 0 Å². The van der Waals surface area contributed by atoms with Crippen LogP contribution in [0.2, 0.25) is 0 Å². The van der Waals surface area contributed by atoms with Crippen molar-refractivity contribution in [1.29, 1.82) is 0 Å². The van der Waals surface area contributed by atoms with E-state index in [0.29, 0.717) is 5.82 Å². The van der Waals surface area contributed by atoms with Gasteiger partial charge in [0.1, 0.15) is 0 Å². The lowest BCUT2D eigenvalue weighted by Gasteiger charge is -2.33. The molecule has 0 aliphatic carbocycles. The number of anilines is 2. The summed E-state index contributed by atoms with van der Waals surface area (Å²) in [6.07, 6.45) is 0. The van der Waals surface area contributed by atoms with E-state index in [9.17, 15) is 10.1 Å². The topological polar surface area (TPSA) is 69.0 Å². The molecule has 0 radical (unpaired) electrons. The molecule has 3 heterocycles. The van der Waals surface area contributed by atoms with Crippen LogP contribution in [0.4, 0.5) is 16.0 Å². The smallest absolute Gasteiger partial charge is 0.347 e. The number of nitro groups is 1. The van der Waals surface area contributed by atoms with E-state index in [0.717, 1.165) is 57.5 Å². The number of piperazine rings is 2. The highest BCUT2D eigenvalue weighted by Crippen LogP contribution is 2.39. The van der Waals surface area contributed by atoms with Crippen molar-refractivity contribution in [1.82, 2.24) is 14.8 Å². The van der Waals surface area contributed by atoms with Gasteiger partial charge < -0.3 is 19.6 Å². The molecule has 0 saturated carbocycles. The van der Waals surface area contributed by atoms with Crippen molar-refractivity contribution >= 4 is 27.3 Å². The van der Waals surface area contributed by atoms with Crippen LogP contribution >= 0.6 is 11.3 Å². The van der Waals surface area contributed by atoms with E-state index in [1.807, 2.05) is 4.90 Å². The van der Waals surface area contributed by atoms with Crippen LogP contribution in [0, 0.1) is 10.1 Å². The summed E-state index contributed by atoms with van der Waals surface area (Å²) < 4.78 is 0. The molecular weight excluding hydrogens is 304 g/mol. The standard InChI is InChI=1S/C13H22N6O2S/c1-15-3-7-17(8-4-15)11-12(19(20)21)22-13(14-11)18-9-5-16(2)6-10-18/h3-10H2,1-2H3. The van der Waals surface area contributed by atoms with E-state index in [4.69, 9.17) is 0 Å². The molecule has 22 heavy (non-hydrogen) atoms. The van der Waals surface area contributed by atoms with E-state index >= 15 is 0 Å². The monoisotopic (exact) mass is 326 g/mol. The van der Waals surface area contributed by atoms with Crippen LogP contribution in [0.25, 0.3) is 0 Å². The summed E-state index contributed by atoms with van der Waals surface area (Å²) >= 11 is 1.21. The zero-order valence-electron chi connectivity index (χ0n) is 13.1. The summed E-state index contributed by atoms with van der Waals surface area (Å²) in [7, 11) is 4.17. The number of hydrogen-bond acceptors (Lipinski definition) is 8. The first kappa shape index (κ1) is 15.4. The van der Waals surface area contributed by atoms with Crippen molar-refractivity contribution in [3.05, 3.63) is 10.1 Å². The molecule has 1 aromatic heterocycles. The molecule has 0 N–H and O–H groups in total. The molecule has 2 saturated heterocycles. The van der Waals surface area contributed by atoms with E-state index in [1.165, 1.54) is 11.3 Å². The highest BCUT2D eigenvalue weighted by atomic mass is 32.1. The molecule has 0 amide bonds. The zero-order valence-corrected chi connectivity index (χ0v) is 13.9. The number of likely N-dealkylation sites (N-methyl/N-ethyl adjacent to an activating group) is 2. The van der Waals surface area contributed by atoms with Gasteiger partial charge in [0.15, 0.2) is 5.13 Å². The van der Waals surface area contributed by atoms with Crippen molar-refractivity contribution in [2.24, 2.45) is 0 Å². The van der Waals surface area contributed by atoms with Gasteiger partial charge in [-0.3, -0.25) is 10.1 Å². The quantitative estimate of drug-likeness (QED) is 0.593. The van der Waals surface area contributed by atoms with Crippen LogP contribution in [-0.4, -0.2) is 86.2 Å². The third kappa shape index (κ3) is 3.16. The first-order valence-electron chi connectivity index (χ1n) is 7.57. The maximum absolute atomic E-state index is 11.4. The summed E-state index contributed by atoms with van der Waals surface area (Å²) in [5.74, 6) is 0.553. The van der Waals surface area contributed by atoms with Gasteiger partial charge in [0.25, 0.3) is 0 Å². The maximum atomic E-state index is 11.4. The van der Waals surface area contributed by atoms with Crippen LogP contribution in [0.1, 0.15) is 0 Å². The van der Waals surface area contributed by atoms with Gasteiger partial charge in [-0.05, 0) is 25.4 Å². The third-order valence-corrected chi connectivity index (χ3v) is 5.38. The molecule has 0 unspecified atom stereocenters. The van der Waals surface area contributed by atoms with Gasteiger partial charge in [-0.15, -0.1) is 0 Å². The molecule has 0 atom stereocenters. The van der Waals surface area contributed by atoms with Crippen molar-refractivity contribution < 1.29 is 4.92 Å². The van der Waals surface area contributed by atoms with Gasteiger partial charge in [0.05, 0.1) is 4.92 Å². The Kier molecular flexibility index (Phi) is 4.46. The third-order valence-electron chi connectivity index (χ3n) is 4.32. The van der Waals surface area contributed by atoms with Crippen molar-refractivity contribution in [3.8, 4) is 0 Å². The Morgan fingerprint density at radius 3 is 1.95 bits per heavy atom. The first-order valence-corrected chi connectivity index (χ1v) is 8.38. The van der Waals surface area contributed by atoms with Crippen LogP contribution in [-0.2, 0) is 0 Å². The van der Waals surface area contributed by atoms with Crippen LogP contribution in [0.5, 0.6) is 0 Å². The fourth-order valence-electron chi connectivity index (χ4n) is 2.77. The molecule has 2 aliphatic rings. The van der Waals surface area contributed by atoms with Gasteiger partial charge in [-0.2, -0.15) is 4.98 Å². The number of thiazole rings is 1. The highest BCUT2D eigenvalue weighted by Gasteiger charge is 2.30. The maximum Gasteiger partial charge on any atom is 0.369 e. The number of hydrogen-bond donors (Lipinski definition) is 0. The highest BCUT2D eigenvalue weighted by molar-refractivity contribution is 7.19. The lowest BCUT2D eigenvalue weighted by Crippen LogP contribution is -2.45. The Morgan fingerprint density at radius 1 is 0.955 bits per heavy atom. The lowest BCUT2D eigenvalue weighted by atomic mass is 10.3. The van der Waals surface area contributed by atoms with Crippen molar-refractivity contribution in [2.45, 2.75) is 0 Å². The van der Waals surface area contributed by atoms with Gasteiger partial charge in [0.2, 0.25) is 5.82 Å². The number of aromatic nitrogens is 1. The summed E-state index contributed by atoms with van der Waals surface area (Å²) in [6, 6.07) is 0. The molecule has 0 aromatic carbocycles. The Labute approximate surface area is 134 Å². The molecular formula is C13H22N6O2S. The SMILES string of the molecule is CN1CCN(c2nc(N3CCN(C)CC3)c([N+](=O)[O-])s2)CC1. The van der Waals surface area contributed by atoms with Crippen LogP contribution < -0.4 is 9.80 Å². The second kappa shape index (κ2) is 6.35. The number of nitrogens with zero attached hydrogens (tertiary/aromatic N) is 6. The molecule has 0 bridgehead atoms. The predicted octanol–water partition coefficient (Wildman–Crippen LogP) is 0.555. The second-order valence-electron chi connectivity index (χ2n) is 5.96. The fraction of sp³-hybridized carbons (Fsp3) is 0.769. The molecule has 122 valence electrons. The normalized spacial score (nSPS) is 21.4. The van der Waals surface area contributed by atoms with Crippen LogP contribution in [0.3, 0.4) is 0 Å². The largest absolute Gasteiger partial charge is 0.369 e. The molecule has 2 fully saturated rings. The molecule has 1 aromatic rings. The second-order valence-corrected chi connectivity index (χ2v) is 6.92. The molecule has 0 spiro atoms. The molecule has 3 rings (SSSR count). The molecule has 9 heteroatoms. The van der Waals surface area contributed by atoms with Gasteiger partial charge >= 0.3 is 5.00 Å². The summed E-state index contributed by atoms with van der Waals surface area (Å²) in [6.45, 7) is 7.12. The minimum absolute atomic E-state index is 0.179. The minimum Gasteiger partial charge on any atom is -0.347 e. The van der Waals surface area contributed by atoms with E-state index in [-0.39, 0.29) is 9.92 Å².